The molecule has 8 rings (SSSR count). The van der Waals surface area contributed by atoms with E-state index in [1.54, 1.807) is 0 Å². The Labute approximate surface area is 217 Å². The van der Waals surface area contributed by atoms with Crippen molar-refractivity contribution in [2.45, 2.75) is 0 Å². The summed E-state index contributed by atoms with van der Waals surface area (Å²) in [5, 5.41) is 2.32. The minimum atomic E-state index is 0.531. The molecule has 0 fully saturated rings. The SMILES string of the molecule is c1ccc(-c2nc(-c3ccccc3)nc(-n3c4ccc5ccccc5c4n4c5ccccc5nc34)n2)cc1. The molecule has 5 aromatic carbocycles. The Balaban J connectivity index is 1.53. The maximum Gasteiger partial charge on any atom is 0.241 e. The van der Waals surface area contributed by atoms with Crippen LogP contribution in [0.2, 0.25) is 0 Å². The fraction of sp³-hybridized carbons (Fsp3) is 0. The van der Waals surface area contributed by atoms with Crippen LogP contribution in [0.25, 0.3) is 67.3 Å². The third kappa shape index (κ3) is 3.07. The van der Waals surface area contributed by atoms with E-state index >= 15 is 0 Å². The van der Waals surface area contributed by atoms with Crippen LogP contribution >= 0.6 is 0 Å². The molecule has 0 aliphatic rings. The molecule has 6 nitrogen and oxygen atoms in total. The van der Waals surface area contributed by atoms with Crippen LogP contribution in [0, 0.1) is 0 Å². The second kappa shape index (κ2) is 8.08. The molecule has 0 spiro atoms. The van der Waals surface area contributed by atoms with E-state index in [9.17, 15) is 0 Å². The first-order valence-electron chi connectivity index (χ1n) is 12.5. The van der Waals surface area contributed by atoms with Gasteiger partial charge in [0.25, 0.3) is 0 Å². The van der Waals surface area contributed by atoms with Gasteiger partial charge in [-0.25, -0.2) is 14.5 Å². The summed E-state index contributed by atoms with van der Waals surface area (Å²) in [6.07, 6.45) is 0. The summed E-state index contributed by atoms with van der Waals surface area (Å²) in [7, 11) is 0. The summed E-state index contributed by atoms with van der Waals surface area (Å²) < 4.78 is 4.28. The van der Waals surface area contributed by atoms with E-state index in [0.717, 1.165) is 44.4 Å². The van der Waals surface area contributed by atoms with Crippen molar-refractivity contribution in [1.29, 1.82) is 0 Å². The molecular weight excluding hydrogens is 468 g/mol. The summed E-state index contributed by atoms with van der Waals surface area (Å²) in [6.45, 7) is 0. The van der Waals surface area contributed by atoms with Gasteiger partial charge in [0.1, 0.15) is 0 Å². The molecule has 8 aromatic rings. The molecule has 0 N–H and O–H groups in total. The van der Waals surface area contributed by atoms with Gasteiger partial charge in [-0.15, -0.1) is 0 Å². The third-order valence-electron chi connectivity index (χ3n) is 6.97. The normalized spacial score (nSPS) is 11.7. The van der Waals surface area contributed by atoms with Crippen LogP contribution in [-0.2, 0) is 0 Å². The van der Waals surface area contributed by atoms with Crippen LogP contribution < -0.4 is 0 Å². The lowest BCUT2D eigenvalue weighted by molar-refractivity contribution is 0.937. The van der Waals surface area contributed by atoms with Crippen LogP contribution in [-0.4, -0.2) is 28.9 Å². The van der Waals surface area contributed by atoms with Gasteiger partial charge in [0, 0.05) is 16.5 Å². The van der Waals surface area contributed by atoms with E-state index < -0.39 is 0 Å². The highest BCUT2D eigenvalue weighted by molar-refractivity contribution is 6.08. The van der Waals surface area contributed by atoms with Crippen LogP contribution in [0.1, 0.15) is 0 Å². The van der Waals surface area contributed by atoms with Crippen LogP contribution in [0.3, 0.4) is 0 Å². The molecule has 0 aliphatic carbocycles. The van der Waals surface area contributed by atoms with E-state index in [4.69, 9.17) is 19.9 Å². The average Bonchev–Trinajstić information content (AvgIpc) is 3.52. The molecular formula is C32H20N6. The molecule has 0 unspecified atom stereocenters. The van der Waals surface area contributed by atoms with Gasteiger partial charge >= 0.3 is 0 Å². The number of hydrogen-bond donors (Lipinski definition) is 0. The molecule has 38 heavy (non-hydrogen) atoms. The van der Waals surface area contributed by atoms with Gasteiger partial charge < -0.3 is 0 Å². The first kappa shape index (κ1) is 20.8. The molecule has 0 bridgehead atoms. The molecule has 6 heteroatoms. The number of benzene rings is 5. The standard InChI is InChI=1S/C32H20N6/c1-3-12-22(13-4-1)29-34-30(23-14-5-2-6-15-23)36-31(35-29)38-27-20-19-21-11-7-8-16-24(21)28(27)37-26-18-10-9-17-25(26)33-32(37)38/h1-20H. The van der Waals surface area contributed by atoms with Gasteiger partial charge in [0.05, 0.1) is 22.1 Å². The maximum absolute atomic E-state index is 5.07. The first-order chi connectivity index (χ1) is 18.8. The molecule has 0 atom stereocenters. The van der Waals surface area contributed by atoms with Gasteiger partial charge in [-0.3, -0.25) is 4.40 Å². The Kier molecular flexibility index (Phi) is 4.42. The van der Waals surface area contributed by atoms with Crippen LogP contribution in [0.4, 0.5) is 0 Å². The number of aromatic nitrogens is 6. The van der Waals surface area contributed by atoms with Crippen molar-refractivity contribution in [2.24, 2.45) is 0 Å². The molecule has 0 aliphatic heterocycles. The van der Waals surface area contributed by atoms with Crippen molar-refractivity contribution < 1.29 is 0 Å². The average molecular weight is 489 g/mol. The molecule has 178 valence electrons. The lowest BCUT2D eigenvalue weighted by Gasteiger charge is -2.09. The number of hydrogen-bond acceptors (Lipinski definition) is 4. The largest absolute Gasteiger partial charge is 0.275 e. The molecule has 0 saturated heterocycles. The van der Waals surface area contributed by atoms with Crippen molar-refractivity contribution >= 4 is 38.6 Å². The third-order valence-corrected chi connectivity index (χ3v) is 6.97. The highest BCUT2D eigenvalue weighted by Crippen LogP contribution is 2.34. The number of fused-ring (bicyclic) bond motifs is 7. The number of para-hydroxylation sites is 2. The molecule has 3 aromatic heterocycles. The van der Waals surface area contributed by atoms with E-state index in [-0.39, 0.29) is 0 Å². The van der Waals surface area contributed by atoms with Gasteiger partial charge in [-0.05, 0) is 23.6 Å². The van der Waals surface area contributed by atoms with Crippen LogP contribution in [0.15, 0.2) is 121 Å². The summed E-state index contributed by atoms with van der Waals surface area (Å²) in [6, 6.07) is 41.0. The Bertz CT molecular complexity index is 2070. The van der Waals surface area contributed by atoms with Gasteiger partial charge in [-0.2, -0.15) is 9.97 Å². The fourth-order valence-corrected chi connectivity index (χ4v) is 5.25. The Morgan fingerprint density at radius 3 is 1.84 bits per heavy atom. The Morgan fingerprint density at radius 1 is 0.474 bits per heavy atom. The van der Waals surface area contributed by atoms with Crippen molar-refractivity contribution in [3.8, 4) is 28.7 Å². The minimum Gasteiger partial charge on any atom is -0.275 e. The van der Waals surface area contributed by atoms with Crippen molar-refractivity contribution in [3.05, 3.63) is 121 Å². The quantitative estimate of drug-likeness (QED) is 0.266. The zero-order valence-electron chi connectivity index (χ0n) is 20.2. The lowest BCUT2D eigenvalue weighted by atomic mass is 10.1. The van der Waals surface area contributed by atoms with Gasteiger partial charge in [0.15, 0.2) is 11.6 Å². The monoisotopic (exact) mass is 488 g/mol. The zero-order valence-corrected chi connectivity index (χ0v) is 20.2. The van der Waals surface area contributed by atoms with E-state index in [2.05, 4.69) is 57.5 Å². The summed E-state index contributed by atoms with van der Waals surface area (Å²) in [5.41, 5.74) is 5.89. The Hall–Kier alpha value is -5.36. The summed E-state index contributed by atoms with van der Waals surface area (Å²) >= 11 is 0. The van der Waals surface area contributed by atoms with E-state index in [0.29, 0.717) is 17.6 Å². The van der Waals surface area contributed by atoms with Crippen molar-refractivity contribution in [2.75, 3.05) is 0 Å². The summed E-state index contributed by atoms with van der Waals surface area (Å²) in [5.74, 6) is 2.53. The van der Waals surface area contributed by atoms with E-state index in [1.165, 1.54) is 5.39 Å². The number of imidazole rings is 2. The molecule has 0 amide bonds. The van der Waals surface area contributed by atoms with Crippen molar-refractivity contribution in [1.82, 2.24) is 28.9 Å². The number of nitrogens with zero attached hydrogens (tertiary/aromatic N) is 6. The lowest BCUT2D eigenvalue weighted by Crippen LogP contribution is -2.06. The highest BCUT2D eigenvalue weighted by Gasteiger charge is 2.22. The minimum absolute atomic E-state index is 0.531. The van der Waals surface area contributed by atoms with Crippen LogP contribution in [0.5, 0.6) is 0 Å². The first-order valence-corrected chi connectivity index (χ1v) is 12.5. The molecule has 0 radical (unpaired) electrons. The maximum atomic E-state index is 5.07. The van der Waals surface area contributed by atoms with Gasteiger partial charge in [0.2, 0.25) is 11.7 Å². The topological polar surface area (TPSA) is 60.9 Å². The predicted molar refractivity (Wildman–Crippen MR) is 151 cm³/mol. The zero-order chi connectivity index (χ0) is 25.1. The van der Waals surface area contributed by atoms with Gasteiger partial charge in [-0.1, -0.05) is 103 Å². The highest BCUT2D eigenvalue weighted by atomic mass is 15.3. The predicted octanol–water partition coefficient (Wildman–Crippen LogP) is 7.10. The molecule has 3 heterocycles. The van der Waals surface area contributed by atoms with Crippen molar-refractivity contribution in [3.63, 3.8) is 0 Å². The van der Waals surface area contributed by atoms with E-state index in [1.807, 2.05) is 72.8 Å². The summed E-state index contributed by atoms with van der Waals surface area (Å²) in [4.78, 5) is 20.0. The molecule has 0 saturated carbocycles. The number of rotatable bonds is 3. The second-order valence-electron chi connectivity index (χ2n) is 9.24. The fourth-order valence-electron chi connectivity index (χ4n) is 5.25. The second-order valence-corrected chi connectivity index (χ2v) is 9.24. The smallest absolute Gasteiger partial charge is 0.241 e. The Morgan fingerprint density at radius 2 is 1.11 bits per heavy atom.